The zero-order valence-electron chi connectivity index (χ0n) is 12.3. The molecule has 0 amide bonds. The van der Waals surface area contributed by atoms with Crippen LogP contribution in [0.15, 0.2) is 54.7 Å². The van der Waals surface area contributed by atoms with Crippen molar-refractivity contribution in [2.24, 2.45) is 0 Å². The molecule has 1 atom stereocenters. The molecule has 21 heavy (non-hydrogen) atoms. The molecule has 0 bridgehead atoms. The minimum atomic E-state index is 0.184. The van der Waals surface area contributed by atoms with Crippen molar-refractivity contribution < 1.29 is 4.74 Å². The van der Waals surface area contributed by atoms with Gasteiger partial charge in [0.25, 0.3) is 0 Å². The van der Waals surface area contributed by atoms with Gasteiger partial charge in [-0.05, 0) is 30.8 Å². The minimum Gasteiger partial charge on any atom is -0.497 e. The van der Waals surface area contributed by atoms with Gasteiger partial charge in [0.05, 0.1) is 31.4 Å². The summed E-state index contributed by atoms with van der Waals surface area (Å²) >= 11 is 0. The molecule has 0 fully saturated rings. The summed E-state index contributed by atoms with van der Waals surface area (Å²) in [5, 5.41) is 9.02. The van der Waals surface area contributed by atoms with Crippen LogP contribution in [0.25, 0.3) is 10.9 Å². The standard InChI is InChI=1S/C17H19N3O/c1-18-16(13-7-5-8-15(10-13)21-2)12-20-17-9-4-3-6-14(17)11-19-20/h3-11,16,18H,12H2,1-2H3. The number of likely N-dealkylation sites (N-methyl/N-ethyl adjacent to an activating group) is 1. The lowest BCUT2D eigenvalue weighted by atomic mass is 10.1. The number of nitrogens with zero attached hydrogens (tertiary/aromatic N) is 2. The van der Waals surface area contributed by atoms with Crippen LogP contribution in [0.5, 0.6) is 5.75 Å². The lowest BCUT2D eigenvalue weighted by Crippen LogP contribution is -2.22. The number of rotatable bonds is 5. The summed E-state index contributed by atoms with van der Waals surface area (Å²) in [6.07, 6.45) is 1.91. The molecule has 0 aliphatic rings. The third-order valence-electron chi connectivity index (χ3n) is 3.75. The van der Waals surface area contributed by atoms with Gasteiger partial charge in [-0.3, -0.25) is 4.68 Å². The van der Waals surface area contributed by atoms with Crippen LogP contribution in [0.4, 0.5) is 0 Å². The van der Waals surface area contributed by atoms with Gasteiger partial charge < -0.3 is 10.1 Å². The monoisotopic (exact) mass is 281 g/mol. The molecule has 0 radical (unpaired) electrons. The van der Waals surface area contributed by atoms with E-state index >= 15 is 0 Å². The van der Waals surface area contributed by atoms with E-state index in [1.54, 1.807) is 7.11 Å². The predicted molar refractivity (Wildman–Crippen MR) is 84.5 cm³/mol. The van der Waals surface area contributed by atoms with Crippen molar-refractivity contribution in [1.82, 2.24) is 15.1 Å². The van der Waals surface area contributed by atoms with Crippen LogP contribution in [0.1, 0.15) is 11.6 Å². The highest BCUT2D eigenvalue weighted by atomic mass is 16.5. The van der Waals surface area contributed by atoms with Crippen LogP contribution in [0, 0.1) is 0 Å². The fraction of sp³-hybridized carbons (Fsp3) is 0.235. The number of hydrogen-bond acceptors (Lipinski definition) is 3. The van der Waals surface area contributed by atoms with E-state index in [9.17, 15) is 0 Å². The summed E-state index contributed by atoms with van der Waals surface area (Å²) in [4.78, 5) is 0. The van der Waals surface area contributed by atoms with Gasteiger partial charge in [-0.2, -0.15) is 5.10 Å². The summed E-state index contributed by atoms with van der Waals surface area (Å²) < 4.78 is 7.34. The number of methoxy groups -OCH3 is 1. The molecule has 1 heterocycles. The Hall–Kier alpha value is -2.33. The summed E-state index contributed by atoms with van der Waals surface area (Å²) in [7, 11) is 3.66. The second-order valence-electron chi connectivity index (χ2n) is 5.00. The Morgan fingerprint density at radius 2 is 2.05 bits per heavy atom. The number of fused-ring (bicyclic) bond motifs is 1. The Morgan fingerprint density at radius 3 is 2.86 bits per heavy atom. The Balaban J connectivity index is 1.90. The van der Waals surface area contributed by atoms with E-state index < -0.39 is 0 Å². The maximum Gasteiger partial charge on any atom is 0.119 e. The Bertz CT molecular complexity index is 735. The fourth-order valence-corrected chi connectivity index (χ4v) is 2.57. The number of hydrogen-bond donors (Lipinski definition) is 1. The van der Waals surface area contributed by atoms with Crippen LogP contribution >= 0.6 is 0 Å². The lowest BCUT2D eigenvalue weighted by Gasteiger charge is -2.18. The van der Waals surface area contributed by atoms with Crippen molar-refractivity contribution >= 4 is 10.9 Å². The lowest BCUT2D eigenvalue weighted by molar-refractivity contribution is 0.411. The van der Waals surface area contributed by atoms with Gasteiger partial charge in [-0.1, -0.05) is 30.3 Å². The molecule has 3 rings (SSSR count). The molecule has 3 aromatic rings. The number of ether oxygens (including phenoxy) is 1. The van der Waals surface area contributed by atoms with Gasteiger partial charge in [-0.15, -0.1) is 0 Å². The van der Waals surface area contributed by atoms with Crippen LogP contribution < -0.4 is 10.1 Å². The maximum absolute atomic E-state index is 5.30. The summed E-state index contributed by atoms with van der Waals surface area (Å²) in [5.74, 6) is 0.873. The first kappa shape index (κ1) is 13.6. The van der Waals surface area contributed by atoms with Crippen molar-refractivity contribution in [1.29, 1.82) is 0 Å². The van der Waals surface area contributed by atoms with E-state index in [0.29, 0.717) is 0 Å². The van der Waals surface area contributed by atoms with Gasteiger partial charge in [0.15, 0.2) is 0 Å². The van der Waals surface area contributed by atoms with Crippen molar-refractivity contribution in [2.45, 2.75) is 12.6 Å². The number of para-hydroxylation sites is 1. The van der Waals surface area contributed by atoms with Crippen LogP contribution in [0.3, 0.4) is 0 Å². The molecule has 1 unspecified atom stereocenters. The molecule has 108 valence electrons. The quantitative estimate of drug-likeness (QED) is 0.781. The van der Waals surface area contributed by atoms with Crippen LogP contribution in [-0.2, 0) is 6.54 Å². The smallest absolute Gasteiger partial charge is 0.119 e. The van der Waals surface area contributed by atoms with E-state index in [2.05, 4.69) is 34.7 Å². The molecule has 0 aliphatic carbocycles. The number of aromatic nitrogens is 2. The summed E-state index contributed by atoms with van der Waals surface area (Å²) in [6.45, 7) is 0.775. The number of benzene rings is 2. The molecular weight excluding hydrogens is 262 g/mol. The van der Waals surface area contributed by atoms with E-state index in [0.717, 1.165) is 23.2 Å². The van der Waals surface area contributed by atoms with E-state index in [1.165, 1.54) is 5.56 Å². The zero-order valence-corrected chi connectivity index (χ0v) is 12.3. The molecule has 1 N–H and O–H groups in total. The third-order valence-corrected chi connectivity index (χ3v) is 3.75. The van der Waals surface area contributed by atoms with E-state index in [-0.39, 0.29) is 6.04 Å². The Morgan fingerprint density at radius 1 is 1.19 bits per heavy atom. The maximum atomic E-state index is 5.30. The Kier molecular flexibility index (Phi) is 3.88. The Labute approximate surface area is 124 Å². The molecule has 1 aromatic heterocycles. The predicted octanol–water partition coefficient (Wildman–Crippen LogP) is 3.01. The molecule has 0 saturated heterocycles. The van der Waals surface area contributed by atoms with Crippen molar-refractivity contribution in [3.8, 4) is 5.75 Å². The van der Waals surface area contributed by atoms with E-state index in [1.807, 2.05) is 42.2 Å². The van der Waals surface area contributed by atoms with Crippen molar-refractivity contribution in [3.05, 3.63) is 60.3 Å². The average molecular weight is 281 g/mol. The highest BCUT2D eigenvalue weighted by molar-refractivity contribution is 5.78. The van der Waals surface area contributed by atoms with Gasteiger partial charge >= 0.3 is 0 Å². The first-order chi connectivity index (χ1) is 10.3. The first-order valence-corrected chi connectivity index (χ1v) is 7.03. The molecule has 0 spiro atoms. The van der Waals surface area contributed by atoms with Gasteiger partial charge in [0.1, 0.15) is 5.75 Å². The highest BCUT2D eigenvalue weighted by Gasteiger charge is 2.13. The normalized spacial score (nSPS) is 12.5. The molecule has 4 nitrogen and oxygen atoms in total. The fourth-order valence-electron chi connectivity index (χ4n) is 2.57. The zero-order chi connectivity index (χ0) is 14.7. The SMILES string of the molecule is CNC(Cn1ncc2ccccc21)c1cccc(OC)c1. The second kappa shape index (κ2) is 5.97. The van der Waals surface area contributed by atoms with E-state index in [4.69, 9.17) is 4.74 Å². The van der Waals surface area contributed by atoms with Crippen molar-refractivity contribution in [2.75, 3.05) is 14.2 Å². The summed E-state index contributed by atoms with van der Waals surface area (Å²) in [6, 6.07) is 16.6. The average Bonchev–Trinajstić information content (AvgIpc) is 2.95. The molecule has 0 saturated carbocycles. The van der Waals surface area contributed by atoms with Gasteiger partial charge in [0.2, 0.25) is 0 Å². The molecule has 0 aliphatic heterocycles. The second-order valence-corrected chi connectivity index (χ2v) is 5.00. The largest absolute Gasteiger partial charge is 0.497 e. The third kappa shape index (κ3) is 2.76. The van der Waals surface area contributed by atoms with Gasteiger partial charge in [-0.25, -0.2) is 0 Å². The molecular formula is C17H19N3O. The molecule has 4 heteroatoms. The summed E-state index contributed by atoms with van der Waals surface area (Å²) in [5.41, 5.74) is 2.34. The molecule has 2 aromatic carbocycles. The van der Waals surface area contributed by atoms with Crippen molar-refractivity contribution in [3.63, 3.8) is 0 Å². The first-order valence-electron chi connectivity index (χ1n) is 7.03. The highest BCUT2D eigenvalue weighted by Crippen LogP contribution is 2.22. The minimum absolute atomic E-state index is 0.184. The van der Waals surface area contributed by atoms with Crippen LogP contribution in [-0.4, -0.2) is 23.9 Å². The number of nitrogens with one attached hydrogen (secondary N) is 1. The topological polar surface area (TPSA) is 39.1 Å². The van der Waals surface area contributed by atoms with Gasteiger partial charge in [0, 0.05) is 5.39 Å². The van der Waals surface area contributed by atoms with Crippen LogP contribution in [0.2, 0.25) is 0 Å².